The van der Waals surface area contributed by atoms with E-state index in [1.54, 1.807) is 6.07 Å². The summed E-state index contributed by atoms with van der Waals surface area (Å²) in [4.78, 5) is 30.7. The molecule has 1 aliphatic heterocycles. The number of hydrogen-bond acceptors (Lipinski definition) is 9. The number of rotatable bonds is 4. The van der Waals surface area contributed by atoms with Crippen LogP contribution in [0.2, 0.25) is 0 Å². The first-order valence-corrected chi connectivity index (χ1v) is 11.7. The van der Waals surface area contributed by atoms with Gasteiger partial charge in [0.05, 0.1) is 17.5 Å². The lowest BCUT2D eigenvalue weighted by Crippen LogP contribution is -2.33. The quantitative estimate of drug-likeness (QED) is 0.309. The third-order valence-corrected chi connectivity index (χ3v) is 6.74. The first-order valence-electron chi connectivity index (χ1n) is 11.7. The van der Waals surface area contributed by atoms with Crippen LogP contribution in [-0.4, -0.2) is 40.6 Å². The van der Waals surface area contributed by atoms with Crippen LogP contribution in [0.5, 0.6) is 5.75 Å². The molecule has 4 N–H and O–H groups in total. The Balaban J connectivity index is 1.46. The van der Waals surface area contributed by atoms with Crippen LogP contribution in [0.1, 0.15) is 34.9 Å². The van der Waals surface area contributed by atoms with Crippen molar-refractivity contribution in [3.63, 3.8) is 0 Å². The van der Waals surface area contributed by atoms with Crippen LogP contribution < -0.4 is 11.1 Å². The average molecular weight is 543 g/mol. The topological polar surface area (TPSA) is 168 Å². The number of carbonyl (C=O) groups excluding carboxylic acids is 1. The third kappa shape index (κ3) is 3.75. The van der Waals surface area contributed by atoms with E-state index in [-0.39, 0.29) is 40.7 Å². The summed E-state index contributed by atoms with van der Waals surface area (Å²) in [6.07, 6.45) is 2.77. The number of nitrogens with two attached hydrogens (primary N) is 1. The Hall–Kier alpha value is -5.58. The normalized spacial score (nSPS) is 16.1. The predicted molar refractivity (Wildman–Crippen MR) is 133 cm³/mol. The Kier molecular flexibility index (Phi) is 5.40. The molecule has 40 heavy (non-hydrogen) atoms. The minimum Gasteiger partial charge on any atom is -0.506 e. The van der Waals surface area contributed by atoms with E-state index in [9.17, 15) is 23.1 Å². The zero-order valence-electron chi connectivity index (χ0n) is 20.4. The molecule has 6 rings (SSSR count). The van der Waals surface area contributed by atoms with E-state index < -0.39 is 40.1 Å². The summed E-state index contributed by atoms with van der Waals surface area (Å²) in [6, 6.07) is 6.77. The number of aromatic nitrogens is 6. The number of fused-ring (bicyclic) bond motifs is 2. The van der Waals surface area contributed by atoms with E-state index in [0.29, 0.717) is 16.9 Å². The SMILES string of the molecule is C[C@]1(c2cc(O)c(C#N)c(F)c2)C(=O)Nc2nc(-c3cn4ncnc4c(Cc4cc(F)cc(F)c4)n3)nc(N)c21. The molecule has 2 aromatic carbocycles. The summed E-state index contributed by atoms with van der Waals surface area (Å²) in [6.45, 7) is 1.46. The fraction of sp³-hybridized carbons (Fsp3) is 0.115. The standard InChI is InChI=1S/C26H16F3N9O2/c1-26(12-5-16(29)15(8-30)19(39)6-12)20-21(31)35-22(36-23(20)37-25(26)40)18-9-38-24(32-10-33-38)17(34-18)4-11-2-13(27)7-14(28)3-11/h2-3,5-7,9-10,39H,4H2,1H3,(H3,31,35,36,37,40)/t26-/m1/s1. The number of hydrogen-bond donors (Lipinski definition) is 3. The van der Waals surface area contributed by atoms with Gasteiger partial charge in [-0.2, -0.15) is 10.4 Å². The largest absolute Gasteiger partial charge is 0.506 e. The van der Waals surface area contributed by atoms with Crippen LogP contribution in [0, 0.1) is 28.8 Å². The highest BCUT2D eigenvalue weighted by atomic mass is 19.1. The van der Waals surface area contributed by atoms with Gasteiger partial charge in [-0.15, -0.1) is 0 Å². The molecule has 14 heteroatoms. The van der Waals surface area contributed by atoms with Gasteiger partial charge in [0, 0.05) is 12.5 Å². The highest BCUT2D eigenvalue weighted by Crippen LogP contribution is 2.46. The van der Waals surface area contributed by atoms with E-state index >= 15 is 0 Å². The van der Waals surface area contributed by atoms with Crippen molar-refractivity contribution in [2.24, 2.45) is 0 Å². The van der Waals surface area contributed by atoms with Gasteiger partial charge in [0.25, 0.3) is 0 Å². The Morgan fingerprint density at radius 2 is 1.88 bits per heavy atom. The smallest absolute Gasteiger partial charge is 0.240 e. The van der Waals surface area contributed by atoms with Crippen molar-refractivity contribution >= 4 is 23.2 Å². The summed E-state index contributed by atoms with van der Waals surface area (Å²) in [5, 5.41) is 26.0. The molecule has 198 valence electrons. The molecule has 0 spiro atoms. The number of nitriles is 1. The van der Waals surface area contributed by atoms with Crippen LogP contribution >= 0.6 is 0 Å². The first kappa shape index (κ1) is 24.7. The average Bonchev–Trinajstić information content (AvgIpc) is 3.46. The van der Waals surface area contributed by atoms with Crippen molar-refractivity contribution in [2.45, 2.75) is 18.8 Å². The van der Waals surface area contributed by atoms with Crippen molar-refractivity contribution in [1.82, 2.24) is 29.5 Å². The van der Waals surface area contributed by atoms with Gasteiger partial charge >= 0.3 is 0 Å². The maximum absolute atomic E-state index is 14.5. The Morgan fingerprint density at radius 3 is 2.58 bits per heavy atom. The van der Waals surface area contributed by atoms with Gasteiger partial charge in [-0.1, -0.05) is 0 Å². The van der Waals surface area contributed by atoms with Crippen LogP contribution in [0.4, 0.5) is 24.8 Å². The second-order valence-corrected chi connectivity index (χ2v) is 9.25. The molecule has 4 heterocycles. The zero-order valence-corrected chi connectivity index (χ0v) is 20.4. The van der Waals surface area contributed by atoms with E-state index in [4.69, 9.17) is 11.0 Å². The highest BCUT2D eigenvalue weighted by molar-refractivity contribution is 6.09. The van der Waals surface area contributed by atoms with Crippen LogP contribution in [-0.2, 0) is 16.6 Å². The molecular weight excluding hydrogens is 527 g/mol. The van der Waals surface area contributed by atoms with E-state index in [1.807, 2.05) is 0 Å². The van der Waals surface area contributed by atoms with Gasteiger partial charge in [0.2, 0.25) is 5.91 Å². The van der Waals surface area contributed by atoms with Crippen molar-refractivity contribution in [1.29, 1.82) is 5.26 Å². The van der Waals surface area contributed by atoms with Crippen LogP contribution in [0.3, 0.4) is 0 Å². The number of halogens is 3. The second-order valence-electron chi connectivity index (χ2n) is 9.25. The van der Waals surface area contributed by atoms with Crippen molar-refractivity contribution in [3.05, 3.63) is 88.3 Å². The number of benzene rings is 2. The molecule has 1 aliphatic rings. The highest BCUT2D eigenvalue weighted by Gasteiger charge is 2.48. The summed E-state index contributed by atoms with van der Waals surface area (Å²) in [7, 11) is 0. The summed E-state index contributed by atoms with van der Waals surface area (Å²) in [5.74, 6) is -3.83. The molecule has 5 aromatic rings. The summed E-state index contributed by atoms with van der Waals surface area (Å²) < 4.78 is 43.5. The number of nitrogens with zero attached hydrogens (tertiary/aromatic N) is 7. The molecule has 11 nitrogen and oxygen atoms in total. The molecule has 0 aliphatic carbocycles. The lowest BCUT2D eigenvalue weighted by Gasteiger charge is -2.24. The molecule has 0 radical (unpaired) electrons. The number of anilines is 2. The number of carbonyl (C=O) groups is 1. The minimum atomic E-state index is -1.60. The Morgan fingerprint density at radius 1 is 1.12 bits per heavy atom. The van der Waals surface area contributed by atoms with Crippen molar-refractivity contribution < 1.29 is 23.1 Å². The first-order chi connectivity index (χ1) is 19.1. The molecule has 1 amide bonds. The van der Waals surface area contributed by atoms with Gasteiger partial charge in [-0.3, -0.25) is 4.79 Å². The fourth-order valence-electron chi connectivity index (χ4n) is 4.81. The van der Waals surface area contributed by atoms with E-state index in [1.165, 1.54) is 36.1 Å². The second kappa shape index (κ2) is 8.73. The fourth-order valence-corrected chi connectivity index (χ4v) is 4.81. The maximum atomic E-state index is 14.5. The molecule has 0 unspecified atom stereocenters. The number of nitrogens with one attached hydrogen (secondary N) is 1. The van der Waals surface area contributed by atoms with Crippen molar-refractivity contribution in [2.75, 3.05) is 11.1 Å². The number of aromatic hydroxyl groups is 1. The number of amides is 1. The molecule has 0 saturated carbocycles. The maximum Gasteiger partial charge on any atom is 0.240 e. The van der Waals surface area contributed by atoms with Gasteiger partial charge in [-0.25, -0.2) is 37.6 Å². The minimum absolute atomic E-state index is 0.00118. The predicted octanol–water partition coefficient (Wildman–Crippen LogP) is 3.01. The number of phenolic OH excluding ortho intramolecular Hbond substituents is 1. The summed E-state index contributed by atoms with van der Waals surface area (Å²) >= 11 is 0. The molecule has 0 fully saturated rings. The van der Waals surface area contributed by atoms with E-state index in [0.717, 1.165) is 18.2 Å². The lowest BCUT2D eigenvalue weighted by atomic mass is 9.77. The molecule has 0 bridgehead atoms. The van der Waals surface area contributed by atoms with Crippen LogP contribution in [0.25, 0.3) is 17.2 Å². The van der Waals surface area contributed by atoms with E-state index in [2.05, 4.69) is 30.4 Å². The monoisotopic (exact) mass is 543 g/mol. The number of nitrogen functional groups attached to an aromatic ring is 1. The molecular formula is C26H16F3N9O2. The van der Waals surface area contributed by atoms with Crippen LogP contribution in [0.15, 0.2) is 42.9 Å². The van der Waals surface area contributed by atoms with Gasteiger partial charge in [0.15, 0.2) is 11.5 Å². The third-order valence-electron chi connectivity index (χ3n) is 6.74. The molecule has 0 saturated heterocycles. The Bertz CT molecular complexity index is 1890. The van der Waals surface area contributed by atoms with Gasteiger partial charge < -0.3 is 16.2 Å². The Labute approximate surface area is 222 Å². The van der Waals surface area contributed by atoms with Gasteiger partial charge in [0.1, 0.15) is 63.9 Å². The number of phenols is 1. The molecule has 3 aromatic heterocycles. The zero-order chi connectivity index (χ0) is 28.3. The van der Waals surface area contributed by atoms with Crippen molar-refractivity contribution in [3.8, 4) is 23.3 Å². The molecule has 1 atom stereocenters. The van der Waals surface area contributed by atoms with Gasteiger partial charge in [-0.05, 0) is 42.3 Å². The lowest BCUT2D eigenvalue weighted by molar-refractivity contribution is -0.119. The summed E-state index contributed by atoms with van der Waals surface area (Å²) in [5.41, 5.74) is 5.46.